The van der Waals surface area contributed by atoms with Gasteiger partial charge in [0.25, 0.3) is 5.91 Å². The smallest absolute Gasteiger partial charge is 0.256 e. The zero-order chi connectivity index (χ0) is 15.4. The van der Waals surface area contributed by atoms with Crippen LogP contribution in [0.3, 0.4) is 0 Å². The number of anilines is 2. The number of carbonyl (C=O) groups is 1. The van der Waals surface area contributed by atoms with Crippen LogP contribution in [0.25, 0.3) is 0 Å². The third kappa shape index (κ3) is 4.24. The van der Waals surface area contributed by atoms with Crippen molar-refractivity contribution in [3.8, 4) is 0 Å². The summed E-state index contributed by atoms with van der Waals surface area (Å²) < 4.78 is 0. The van der Waals surface area contributed by atoms with Crippen molar-refractivity contribution in [1.82, 2.24) is 10.2 Å². The largest absolute Gasteiger partial charge is 0.355 e. The quantitative estimate of drug-likeness (QED) is 0.907. The molecule has 3 rings (SSSR count). The summed E-state index contributed by atoms with van der Waals surface area (Å²) in [7, 11) is 0. The first-order valence-corrected chi connectivity index (χ1v) is 7.68. The molecule has 2 aromatic carbocycles. The first-order valence-electron chi connectivity index (χ1n) is 7.68. The zero-order valence-corrected chi connectivity index (χ0v) is 14.0. The minimum Gasteiger partial charge on any atom is -0.355 e. The highest BCUT2D eigenvalue weighted by Gasteiger charge is 2.23. The van der Waals surface area contributed by atoms with E-state index in [1.165, 1.54) is 0 Å². The monoisotopic (exact) mass is 331 g/mol. The Bertz CT molecular complexity index is 648. The van der Waals surface area contributed by atoms with Crippen molar-refractivity contribution in [2.75, 3.05) is 25.0 Å². The van der Waals surface area contributed by atoms with E-state index in [9.17, 15) is 4.79 Å². The van der Waals surface area contributed by atoms with Gasteiger partial charge in [-0.2, -0.15) is 0 Å². The number of benzene rings is 2. The second-order valence-electron chi connectivity index (χ2n) is 5.64. The lowest BCUT2D eigenvalue weighted by atomic mass is 10.1. The average molecular weight is 332 g/mol. The number of para-hydroxylation sites is 2. The van der Waals surface area contributed by atoms with Crippen LogP contribution in [0.2, 0.25) is 0 Å². The highest BCUT2D eigenvalue weighted by molar-refractivity contribution is 6.00. The molecule has 2 N–H and O–H groups in total. The first kappa shape index (κ1) is 17.3. The fourth-order valence-corrected chi connectivity index (χ4v) is 2.74. The molecule has 4 nitrogen and oxygen atoms in total. The Morgan fingerprint density at radius 1 is 1.13 bits per heavy atom. The van der Waals surface area contributed by atoms with Crippen LogP contribution >= 0.6 is 12.4 Å². The van der Waals surface area contributed by atoms with Crippen LogP contribution in [0.4, 0.5) is 11.4 Å². The molecular weight excluding hydrogens is 310 g/mol. The molecule has 0 spiro atoms. The summed E-state index contributed by atoms with van der Waals surface area (Å²) in [4.78, 5) is 14.7. The molecule has 1 aliphatic heterocycles. The summed E-state index contributed by atoms with van der Waals surface area (Å²) in [5.74, 6) is 0.0902. The molecule has 1 heterocycles. The SMILES string of the molecule is CC1CN(C(=O)c2ccccc2Nc2ccccc2)CCN1.Cl. The Balaban J connectivity index is 0.00000192. The Labute approximate surface area is 143 Å². The van der Waals surface area contributed by atoms with E-state index < -0.39 is 0 Å². The highest BCUT2D eigenvalue weighted by Crippen LogP contribution is 2.22. The van der Waals surface area contributed by atoms with E-state index in [1.54, 1.807) is 0 Å². The predicted molar refractivity (Wildman–Crippen MR) is 96.8 cm³/mol. The van der Waals surface area contributed by atoms with E-state index in [0.29, 0.717) is 6.04 Å². The van der Waals surface area contributed by atoms with Crippen molar-refractivity contribution < 1.29 is 4.79 Å². The fraction of sp³-hybridized carbons (Fsp3) is 0.278. The van der Waals surface area contributed by atoms with Crippen molar-refractivity contribution in [3.05, 3.63) is 60.2 Å². The molecule has 1 saturated heterocycles. The zero-order valence-electron chi connectivity index (χ0n) is 13.2. The molecule has 1 atom stereocenters. The van der Waals surface area contributed by atoms with Gasteiger partial charge in [0.2, 0.25) is 0 Å². The first-order chi connectivity index (χ1) is 10.7. The number of hydrogen-bond donors (Lipinski definition) is 2. The maximum Gasteiger partial charge on any atom is 0.256 e. The van der Waals surface area contributed by atoms with E-state index in [1.807, 2.05) is 59.5 Å². The lowest BCUT2D eigenvalue weighted by molar-refractivity contribution is 0.0710. The molecule has 1 aliphatic rings. The summed E-state index contributed by atoms with van der Waals surface area (Å²) in [6.45, 7) is 4.45. The number of rotatable bonds is 3. The minimum atomic E-state index is 0. The van der Waals surface area contributed by atoms with Gasteiger partial charge < -0.3 is 15.5 Å². The molecule has 2 aromatic rings. The van der Waals surface area contributed by atoms with Gasteiger partial charge >= 0.3 is 0 Å². The Morgan fingerprint density at radius 3 is 2.57 bits per heavy atom. The Morgan fingerprint density at radius 2 is 1.83 bits per heavy atom. The summed E-state index contributed by atoms with van der Waals surface area (Å²) in [5, 5.41) is 6.70. The van der Waals surface area contributed by atoms with E-state index in [0.717, 1.165) is 36.6 Å². The van der Waals surface area contributed by atoms with Crippen LogP contribution in [0.5, 0.6) is 0 Å². The summed E-state index contributed by atoms with van der Waals surface area (Å²) in [6.07, 6.45) is 0. The van der Waals surface area contributed by atoms with Gasteiger partial charge in [-0.05, 0) is 31.2 Å². The Hall–Kier alpha value is -2.04. The molecule has 0 radical (unpaired) electrons. The maximum atomic E-state index is 12.8. The van der Waals surface area contributed by atoms with E-state index >= 15 is 0 Å². The number of piperazine rings is 1. The lowest BCUT2D eigenvalue weighted by Crippen LogP contribution is -2.51. The van der Waals surface area contributed by atoms with Crippen molar-refractivity contribution >= 4 is 29.7 Å². The summed E-state index contributed by atoms with van der Waals surface area (Å²) in [5.41, 5.74) is 2.56. The summed E-state index contributed by atoms with van der Waals surface area (Å²) in [6, 6.07) is 18.0. The molecule has 5 heteroatoms. The molecular formula is C18H22ClN3O. The molecule has 0 saturated carbocycles. The van der Waals surface area contributed by atoms with Gasteiger partial charge in [-0.1, -0.05) is 30.3 Å². The molecule has 1 unspecified atom stereocenters. The van der Waals surface area contributed by atoms with Crippen LogP contribution in [-0.4, -0.2) is 36.5 Å². The number of hydrogen-bond acceptors (Lipinski definition) is 3. The van der Waals surface area contributed by atoms with Crippen LogP contribution < -0.4 is 10.6 Å². The second kappa shape index (κ2) is 7.99. The van der Waals surface area contributed by atoms with E-state index in [2.05, 4.69) is 17.6 Å². The fourth-order valence-electron chi connectivity index (χ4n) is 2.74. The van der Waals surface area contributed by atoms with E-state index in [4.69, 9.17) is 0 Å². The topological polar surface area (TPSA) is 44.4 Å². The van der Waals surface area contributed by atoms with Crippen LogP contribution in [0, 0.1) is 0 Å². The van der Waals surface area contributed by atoms with Crippen molar-refractivity contribution in [2.45, 2.75) is 13.0 Å². The third-order valence-corrected chi connectivity index (χ3v) is 3.87. The van der Waals surface area contributed by atoms with Crippen molar-refractivity contribution in [2.24, 2.45) is 0 Å². The number of halogens is 1. The number of nitrogens with one attached hydrogen (secondary N) is 2. The van der Waals surface area contributed by atoms with E-state index in [-0.39, 0.29) is 18.3 Å². The van der Waals surface area contributed by atoms with Crippen LogP contribution in [0.15, 0.2) is 54.6 Å². The van der Waals surface area contributed by atoms with Gasteiger partial charge in [0.15, 0.2) is 0 Å². The van der Waals surface area contributed by atoms with Crippen molar-refractivity contribution in [3.63, 3.8) is 0 Å². The van der Waals surface area contributed by atoms with Crippen LogP contribution in [0.1, 0.15) is 17.3 Å². The number of carbonyl (C=O) groups excluding carboxylic acids is 1. The second-order valence-corrected chi connectivity index (χ2v) is 5.64. The molecule has 1 amide bonds. The molecule has 0 aliphatic carbocycles. The maximum absolute atomic E-state index is 12.8. The molecule has 23 heavy (non-hydrogen) atoms. The van der Waals surface area contributed by atoms with Gasteiger partial charge in [0.1, 0.15) is 0 Å². The molecule has 0 bridgehead atoms. The Kier molecular flexibility index (Phi) is 6.02. The summed E-state index contributed by atoms with van der Waals surface area (Å²) >= 11 is 0. The minimum absolute atomic E-state index is 0. The van der Waals surface area contributed by atoms with Gasteiger partial charge in [0.05, 0.1) is 11.3 Å². The standard InChI is InChI=1S/C18H21N3O.ClH/c1-14-13-21(12-11-19-14)18(22)16-9-5-6-10-17(16)20-15-7-3-2-4-8-15;/h2-10,14,19-20H,11-13H2,1H3;1H. The predicted octanol–water partition coefficient (Wildman–Crippen LogP) is 3.29. The average Bonchev–Trinajstić information content (AvgIpc) is 2.56. The number of nitrogens with zero attached hydrogens (tertiary/aromatic N) is 1. The van der Waals surface area contributed by atoms with Crippen LogP contribution in [-0.2, 0) is 0 Å². The number of amides is 1. The van der Waals surface area contributed by atoms with Gasteiger partial charge in [-0.15, -0.1) is 12.4 Å². The highest BCUT2D eigenvalue weighted by atomic mass is 35.5. The normalized spacial score (nSPS) is 17.3. The lowest BCUT2D eigenvalue weighted by Gasteiger charge is -2.32. The van der Waals surface area contributed by atoms with Gasteiger partial charge in [0, 0.05) is 31.4 Å². The third-order valence-electron chi connectivity index (χ3n) is 3.87. The molecule has 0 aromatic heterocycles. The van der Waals surface area contributed by atoms with Gasteiger partial charge in [-0.3, -0.25) is 4.79 Å². The van der Waals surface area contributed by atoms with Crippen molar-refractivity contribution in [1.29, 1.82) is 0 Å². The molecule has 1 fully saturated rings. The van der Waals surface area contributed by atoms with Gasteiger partial charge in [-0.25, -0.2) is 0 Å². The molecule has 122 valence electrons.